The second-order valence-electron chi connectivity index (χ2n) is 2.54. The van der Waals surface area contributed by atoms with Gasteiger partial charge in [-0.2, -0.15) is 8.42 Å². The molecule has 7 heteroatoms. The van der Waals surface area contributed by atoms with Crippen LogP contribution >= 0.6 is 0 Å². The van der Waals surface area contributed by atoms with Crippen LogP contribution in [-0.4, -0.2) is 30.4 Å². The van der Waals surface area contributed by atoms with Crippen LogP contribution in [-0.2, 0) is 19.6 Å². The molecule has 6 nitrogen and oxygen atoms in total. The van der Waals surface area contributed by atoms with Gasteiger partial charge in [0.1, 0.15) is 0 Å². The van der Waals surface area contributed by atoms with E-state index >= 15 is 0 Å². The van der Waals surface area contributed by atoms with E-state index in [1.54, 1.807) is 0 Å². The zero-order chi connectivity index (χ0) is 9.41. The molecule has 1 rings (SSSR count). The van der Waals surface area contributed by atoms with Crippen molar-refractivity contribution in [2.75, 3.05) is 6.61 Å². The van der Waals surface area contributed by atoms with Gasteiger partial charge in [0.15, 0.2) is 0 Å². The van der Waals surface area contributed by atoms with E-state index in [1.165, 1.54) is 0 Å². The molecule has 0 bridgehead atoms. The first-order chi connectivity index (χ1) is 5.40. The summed E-state index contributed by atoms with van der Waals surface area (Å²) in [4.78, 5) is 8.53. The Labute approximate surface area is 69.4 Å². The highest BCUT2D eigenvalue weighted by Gasteiger charge is 2.52. The fourth-order valence-corrected chi connectivity index (χ4v) is 2.03. The van der Waals surface area contributed by atoms with E-state index in [-0.39, 0.29) is 13.0 Å². The Morgan fingerprint density at radius 1 is 1.58 bits per heavy atom. The molecule has 1 saturated heterocycles. The van der Waals surface area contributed by atoms with E-state index < -0.39 is 21.0 Å². The van der Waals surface area contributed by atoms with E-state index in [9.17, 15) is 13.2 Å². The summed E-state index contributed by atoms with van der Waals surface area (Å²) in [6, 6.07) is 0. The molecule has 1 fully saturated rings. The molecule has 1 heterocycles. The van der Waals surface area contributed by atoms with Gasteiger partial charge >= 0.3 is 10.1 Å². The molecule has 3 N–H and O–H groups in total. The molecule has 0 aromatic rings. The first kappa shape index (κ1) is 9.43. The Morgan fingerprint density at radius 3 is 2.33 bits per heavy atom. The van der Waals surface area contributed by atoms with E-state index in [4.69, 9.17) is 10.3 Å². The van der Waals surface area contributed by atoms with Crippen LogP contribution in [0.15, 0.2) is 0 Å². The van der Waals surface area contributed by atoms with E-state index in [0.29, 0.717) is 6.42 Å². The Hall–Kier alpha value is -0.660. The molecule has 0 aromatic heterocycles. The van der Waals surface area contributed by atoms with Gasteiger partial charge < -0.3 is 10.5 Å². The number of hydrogen-bond acceptors (Lipinski definition) is 4. The standard InChI is InChI=1S/C5H9NO5S/c6-4(7)5(12(8,9)10)2-1-3-11-5/h1-3H2,(H2,6,7)(H,8,9,10). The van der Waals surface area contributed by atoms with E-state index in [0.717, 1.165) is 0 Å². The SMILES string of the molecule is NC(=O)C1(S(=O)(=O)O)CCCO1. The average Bonchev–Trinajstić information content (AvgIpc) is 2.31. The first-order valence-electron chi connectivity index (χ1n) is 3.31. The van der Waals surface area contributed by atoms with Crippen LogP contribution in [0.25, 0.3) is 0 Å². The molecular weight excluding hydrogens is 186 g/mol. The Kier molecular flexibility index (Phi) is 2.11. The third-order valence-corrected chi connectivity index (χ3v) is 3.13. The monoisotopic (exact) mass is 195 g/mol. The number of hydrogen-bond donors (Lipinski definition) is 2. The molecule has 0 aliphatic carbocycles. The minimum atomic E-state index is -4.56. The summed E-state index contributed by atoms with van der Waals surface area (Å²) >= 11 is 0. The lowest BCUT2D eigenvalue weighted by Crippen LogP contribution is -2.49. The highest BCUT2D eigenvalue weighted by molar-refractivity contribution is 7.87. The third-order valence-electron chi connectivity index (χ3n) is 1.78. The van der Waals surface area contributed by atoms with Gasteiger partial charge in [-0.3, -0.25) is 9.35 Å². The molecule has 0 aromatic carbocycles. The number of carbonyl (C=O) groups is 1. The number of amides is 1. The van der Waals surface area contributed by atoms with E-state index in [2.05, 4.69) is 4.74 Å². The van der Waals surface area contributed by atoms with Gasteiger partial charge in [-0.05, 0) is 6.42 Å². The number of ether oxygens (including phenoxy) is 1. The Bertz CT molecular complexity index is 289. The zero-order valence-electron chi connectivity index (χ0n) is 6.19. The van der Waals surface area contributed by atoms with Crippen LogP contribution in [0.4, 0.5) is 0 Å². The molecular formula is C5H9NO5S. The van der Waals surface area contributed by atoms with Crippen LogP contribution in [0.2, 0.25) is 0 Å². The molecule has 1 atom stereocenters. The maximum Gasteiger partial charge on any atom is 0.304 e. The second kappa shape index (κ2) is 2.68. The summed E-state index contributed by atoms with van der Waals surface area (Å²) in [5.41, 5.74) is 4.82. The molecule has 0 saturated carbocycles. The number of primary amides is 1. The van der Waals surface area contributed by atoms with Gasteiger partial charge in [-0.15, -0.1) is 0 Å². The summed E-state index contributed by atoms with van der Waals surface area (Å²) in [5, 5.41) is 0. The number of rotatable bonds is 2. The third kappa shape index (κ3) is 1.19. The van der Waals surface area contributed by atoms with Crippen molar-refractivity contribution in [3.63, 3.8) is 0 Å². The molecule has 70 valence electrons. The molecule has 0 spiro atoms. The zero-order valence-corrected chi connectivity index (χ0v) is 7.00. The van der Waals surface area contributed by atoms with Crippen LogP contribution in [0, 0.1) is 0 Å². The lowest BCUT2D eigenvalue weighted by atomic mass is 10.2. The maximum atomic E-state index is 10.7. The van der Waals surface area contributed by atoms with Crippen molar-refractivity contribution < 1.29 is 22.5 Å². The van der Waals surface area contributed by atoms with Gasteiger partial charge in [0.2, 0.25) is 0 Å². The fourth-order valence-electron chi connectivity index (χ4n) is 1.14. The molecule has 12 heavy (non-hydrogen) atoms. The van der Waals surface area contributed by atoms with Crippen LogP contribution < -0.4 is 5.73 Å². The van der Waals surface area contributed by atoms with Crippen molar-refractivity contribution >= 4 is 16.0 Å². The maximum absolute atomic E-state index is 10.7. The van der Waals surface area contributed by atoms with Crippen molar-refractivity contribution in [2.24, 2.45) is 5.73 Å². The summed E-state index contributed by atoms with van der Waals surface area (Å²) < 4.78 is 34.8. The molecule has 1 unspecified atom stereocenters. The van der Waals surface area contributed by atoms with Crippen molar-refractivity contribution in [2.45, 2.75) is 17.8 Å². The minimum absolute atomic E-state index is 0.0822. The lowest BCUT2D eigenvalue weighted by molar-refractivity contribution is -0.130. The normalized spacial score (nSPS) is 30.4. The first-order valence-corrected chi connectivity index (χ1v) is 4.75. The number of carbonyl (C=O) groups excluding carboxylic acids is 1. The largest absolute Gasteiger partial charge is 0.366 e. The van der Waals surface area contributed by atoms with Gasteiger partial charge in [0.05, 0.1) is 0 Å². The molecule has 1 amide bonds. The van der Waals surface area contributed by atoms with Gasteiger partial charge in [0.25, 0.3) is 10.8 Å². The molecule has 0 radical (unpaired) electrons. The van der Waals surface area contributed by atoms with Gasteiger partial charge in [0, 0.05) is 13.0 Å². The Morgan fingerprint density at radius 2 is 2.17 bits per heavy atom. The summed E-state index contributed by atoms with van der Waals surface area (Å²) in [5.74, 6) is -1.16. The van der Waals surface area contributed by atoms with Gasteiger partial charge in [-0.25, -0.2) is 0 Å². The predicted molar refractivity (Wildman–Crippen MR) is 38.7 cm³/mol. The van der Waals surface area contributed by atoms with Crippen molar-refractivity contribution in [3.8, 4) is 0 Å². The summed E-state index contributed by atoms with van der Waals surface area (Å²) in [6.45, 7) is 0.114. The lowest BCUT2D eigenvalue weighted by Gasteiger charge is -2.19. The van der Waals surface area contributed by atoms with Crippen molar-refractivity contribution in [1.29, 1.82) is 0 Å². The van der Waals surface area contributed by atoms with Crippen LogP contribution in [0.1, 0.15) is 12.8 Å². The fraction of sp³-hybridized carbons (Fsp3) is 0.800. The van der Waals surface area contributed by atoms with E-state index in [1.807, 2.05) is 0 Å². The quantitative estimate of drug-likeness (QED) is 0.542. The average molecular weight is 195 g/mol. The smallest absolute Gasteiger partial charge is 0.304 e. The Balaban J connectivity index is 3.12. The molecule has 1 aliphatic rings. The van der Waals surface area contributed by atoms with Crippen LogP contribution in [0.5, 0.6) is 0 Å². The summed E-state index contributed by atoms with van der Waals surface area (Å²) in [7, 11) is -4.56. The topological polar surface area (TPSA) is 107 Å². The van der Waals surface area contributed by atoms with Crippen LogP contribution in [0.3, 0.4) is 0 Å². The highest BCUT2D eigenvalue weighted by Crippen LogP contribution is 2.30. The predicted octanol–water partition coefficient (Wildman–Crippen LogP) is -1.13. The van der Waals surface area contributed by atoms with Gasteiger partial charge in [-0.1, -0.05) is 0 Å². The summed E-state index contributed by atoms with van der Waals surface area (Å²) in [6.07, 6.45) is 0.309. The molecule has 1 aliphatic heterocycles. The minimum Gasteiger partial charge on any atom is -0.366 e. The number of nitrogens with two attached hydrogens (primary N) is 1. The van der Waals surface area contributed by atoms with Crippen molar-refractivity contribution in [1.82, 2.24) is 0 Å². The highest BCUT2D eigenvalue weighted by atomic mass is 32.2. The van der Waals surface area contributed by atoms with Crippen molar-refractivity contribution in [3.05, 3.63) is 0 Å². The second-order valence-corrected chi connectivity index (χ2v) is 4.15.